The van der Waals surface area contributed by atoms with Crippen molar-refractivity contribution in [3.8, 4) is 17.4 Å². The molecule has 1 aromatic heterocycles. The van der Waals surface area contributed by atoms with Gasteiger partial charge in [0.15, 0.2) is 5.15 Å². The molecule has 6 nitrogen and oxygen atoms in total. The fourth-order valence-electron chi connectivity index (χ4n) is 2.31. The predicted molar refractivity (Wildman–Crippen MR) is 90.2 cm³/mol. The quantitative estimate of drug-likeness (QED) is 0.689. The van der Waals surface area contributed by atoms with Gasteiger partial charge in [0.25, 0.3) is 5.88 Å². The number of ether oxygens (including phenoxy) is 1. The molecule has 1 saturated carbocycles. The van der Waals surface area contributed by atoms with E-state index in [-0.39, 0.29) is 22.5 Å². The summed E-state index contributed by atoms with van der Waals surface area (Å²) >= 11 is 5.81. The summed E-state index contributed by atoms with van der Waals surface area (Å²) < 4.78 is 34.8. The molecule has 0 amide bonds. The van der Waals surface area contributed by atoms with E-state index in [4.69, 9.17) is 20.5 Å². The monoisotopic (exact) mass is 368 g/mol. The van der Waals surface area contributed by atoms with Crippen molar-refractivity contribution in [2.45, 2.75) is 32.1 Å². The molecule has 0 aliphatic heterocycles. The van der Waals surface area contributed by atoms with Crippen LogP contribution in [0.2, 0.25) is 5.15 Å². The Bertz CT molecular complexity index is 838. The van der Waals surface area contributed by atoms with Crippen LogP contribution < -0.4 is 8.92 Å². The smallest absolute Gasteiger partial charge is 0.309 e. The Labute approximate surface area is 145 Å². The SMILES string of the molecule is CCCS(=O)(=O)Oc1cc(Cl)nnc1Oc1ccccc1C1CC1. The first kappa shape index (κ1) is 17.0. The topological polar surface area (TPSA) is 78.4 Å². The highest BCUT2D eigenvalue weighted by Gasteiger charge is 2.27. The fraction of sp³-hybridized carbons (Fsp3) is 0.375. The number of para-hydroxylation sites is 1. The average molecular weight is 369 g/mol. The Hall–Kier alpha value is -1.86. The van der Waals surface area contributed by atoms with Gasteiger partial charge in [0.05, 0.1) is 5.75 Å². The zero-order valence-electron chi connectivity index (χ0n) is 13.1. The summed E-state index contributed by atoms with van der Waals surface area (Å²) in [5.41, 5.74) is 1.07. The maximum atomic E-state index is 11.9. The molecule has 0 spiro atoms. The van der Waals surface area contributed by atoms with E-state index in [1.54, 1.807) is 6.92 Å². The molecule has 0 saturated heterocycles. The normalized spacial score (nSPS) is 14.4. The van der Waals surface area contributed by atoms with Crippen LogP contribution in [-0.2, 0) is 10.1 Å². The van der Waals surface area contributed by atoms with Crippen LogP contribution in [0, 0.1) is 0 Å². The van der Waals surface area contributed by atoms with Gasteiger partial charge in [-0.2, -0.15) is 8.42 Å². The Morgan fingerprint density at radius 2 is 1.96 bits per heavy atom. The lowest BCUT2D eigenvalue weighted by Crippen LogP contribution is -2.14. The van der Waals surface area contributed by atoms with Gasteiger partial charge in [-0.15, -0.1) is 10.2 Å². The van der Waals surface area contributed by atoms with Gasteiger partial charge >= 0.3 is 10.1 Å². The van der Waals surface area contributed by atoms with Gasteiger partial charge in [0, 0.05) is 6.07 Å². The Balaban J connectivity index is 1.91. The molecule has 3 rings (SSSR count). The van der Waals surface area contributed by atoms with E-state index in [9.17, 15) is 8.42 Å². The molecule has 1 aliphatic rings. The molecular weight excluding hydrogens is 352 g/mol. The van der Waals surface area contributed by atoms with E-state index in [1.165, 1.54) is 6.07 Å². The zero-order valence-corrected chi connectivity index (χ0v) is 14.7. The number of aromatic nitrogens is 2. The highest BCUT2D eigenvalue weighted by atomic mass is 35.5. The lowest BCUT2D eigenvalue weighted by molar-refractivity contribution is 0.412. The number of hydrogen-bond donors (Lipinski definition) is 0. The summed E-state index contributed by atoms with van der Waals surface area (Å²) in [6.45, 7) is 1.75. The highest BCUT2D eigenvalue weighted by molar-refractivity contribution is 7.87. The molecule has 2 aromatic rings. The number of nitrogens with zero attached hydrogens (tertiary/aromatic N) is 2. The summed E-state index contributed by atoms with van der Waals surface area (Å²) in [6, 6.07) is 8.88. The van der Waals surface area contributed by atoms with E-state index in [1.807, 2.05) is 24.3 Å². The van der Waals surface area contributed by atoms with Gasteiger partial charge in [-0.1, -0.05) is 36.7 Å². The first-order valence-electron chi connectivity index (χ1n) is 7.70. The van der Waals surface area contributed by atoms with Crippen LogP contribution in [0.4, 0.5) is 0 Å². The second kappa shape index (κ2) is 6.94. The highest BCUT2D eigenvalue weighted by Crippen LogP contribution is 2.45. The van der Waals surface area contributed by atoms with E-state index in [0.717, 1.165) is 18.4 Å². The second-order valence-corrected chi connectivity index (χ2v) is 7.67. The van der Waals surface area contributed by atoms with Crippen molar-refractivity contribution in [2.75, 3.05) is 5.75 Å². The van der Waals surface area contributed by atoms with Crippen molar-refractivity contribution >= 4 is 21.7 Å². The first-order chi connectivity index (χ1) is 11.5. The van der Waals surface area contributed by atoms with Crippen molar-refractivity contribution in [3.05, 3.63) is 41.0 Å². The predicted octanol–water partition coefficient (Wildman–Crippen LogP) is 3.92. The van der Waals surface area contributed by atoms with Crippen LogP contribution in [0.3, 0.4) is 0 Å². The van der Waals surface area contributed by atoms with Crippen molar-refractivity contribution in [3.63, 3.8) is 0 Å². The van der Waals surface area contributed by atoms with Crippen LogP contribution in [-0.4, -0.2) is 24.4 Å². The largest absolute Gasteiger partial charge is 0.435 e. The van der Waals surface area contributed by atoms with Crippen LogP contribution in [0.5, 0.6) is 17.4 Å². The number of hydrogen-bond acceptors (Lipinski definition) is 6. The maximum absolute atomic E-state index is 11.9. The molecule has 0 radical (unpaired) electrons. The molecular formula is C16H17ClN2O4S. The van der Waals surface area contributed by atoms with Gasteiger partial charge < -0.3 is 8.92 Å². The van der Waals surface area contributed by atoms with Crippen molar-refractivity contribution in [1.29, 1.82) is 0 Å². The summed E-state index contributed by atoms with van der Waals surface area (Å²) in [4.78, 5) is 0. The van der Waals surface area contributed by atoms with Gasteiger partial charge in [-0.05, 0) is 36.8 Å². The summed E-state index contributed by atoms with van der Waals surface area (Å²) in [6.07, 6.45) is 2.66. The van der Waals surface area contributed by atoms with E-state index in [2.05, 4.69) is 10.2 Å². The van der Waals surface area contributed by atoms with Crippen LogP contribution in [0.1, 0.15) is 37.7 Å². The molecule has 1 aromatic carbocycles. The third-order valence-corrected chi connectivity index (χ3v) is 5.04. The third-order valence-electron chi connectivity index (χ3n) is 3.51. The molecule has 128 valence electrons. The molecule has 1 heterocycles. The van der Waals surface area contributed by atoms with Gasteiger partial charge in [0.2, 0.25) is 5.75 Å². The number of benzene rings is 1. The molecule has 1 fully saturated rings. The van der Waals surface area contributed by atoms with Gasteiger partial charge in [-0.3, -0.25) is 0 Å². The molecule has 0 atom stereocenters. The van der Waals surface area contributed by atoms with Gasteiger partial charge in [0.1, 0.15) is 5.75 Å². The Morgan fingerprint density at radius 3 is 2.67 bits per heavy atom. The average Bonchev–Trinajstić information content (AvgIpc) is 3.35. The van der Waals surface area contributed by atoms with Crippen molar-refractivity contribution < 1.29 is 17.3 Å². The fourth-order valence-corrected chi connectivity index (χ4v) is 3.42. The van der Waals surface area contributed by atoms with Gasteiger partial charge in [-0.25, -0.2) is 0 Å². The minimum absolute atomic E-state index is 0.0211. The maximum Gasteiger partial charge on any atom is 0.309 e. The Kier molecular flexibility index (Phi) is 4.91. The first-order valence-corrected chi connectivity index (χ1v) is 9.66. The minimum atomic E-state index is -3.74. The summed E-state index contributed by atoms with van der Waals surface area (Å²) in [5.74, 6) is 0.899. The van der Waals surface area contributed by atoms with E-state index < -0.39 is 10.1 Å². The number of rotatable bonds is 7. The third kappa shape index (κ3) is 4.15. The lowest BCUT2D eigenvalue weighted by atomic mass is 10.1. The van der Waals surface area contributed by atoms with Crippen LogP contribution in [0.15, 0.2) is 30.3 Å². The zero-order chi connectivity index (χ0) is 17.2. The van der Waals surface area contributed by atoms with E-state index >= 15 is 0 Å². The molecule has 0 bridgehead atoms. The van der Waals surface area contributed by atoms with Crippen molar-refractivity contribution in [2.24, 2.45) is 0 Å². The molecule has 8 heteroatoms. The van der Waals surface area contributed by atoms with Crippen molar-refractivity contribution in [1.82, 2.24) is 10.2 Å². The Morgan fingerprint density at radius 1 is 1.21 bits per heavy atom. The second-order valence-electron chi connectivity index (χ2n) is 5.60. The van der Waals surface area contributed by atoms with E-state index in [0.29, 0.717) is 18.1 Å². The lowest BCUT2D eigenvalue weighted by Gasteiger charge is -2.13. The summed E-state index contributed by atoms with van der Waals surface area (Å²) in [7, 11) is -3.74. The molecule has 0 N–H and O–H groups in total. The standard InChI is InChI=1S/C16H17ClN2O4S/c1-2-9-24(20,21)23-14-10-15(17)18-19-16(14)22-13-6-4-3-5-12(13)11-7-8-11/h3-6,10-11H,2,7-9H2,1H3. The molecule has 1 aliphatic carbocycles. The molecule has 0 unspecified atom stereocenters. The number of halogens is 1. The minimum Gasteiger partial charge on any atom is -0.435 e. The summed E-state index contributed by atoms with van der Waals surface area (Å²) in [5, 5.41) is 7.59. The van der Waals surface area contributed by atoms with Crippen LogP contribution in [0.25, 0.3) is 0 Å². The molecule has 24 heavy (non-hydrogen) atoms. The van der Waals surface area contributed by atoms with Crippen LogP contribution >= 0.6 is 11.6 Å².